The predicted molar refractivity (Wildman–Crippen MR) is 110 cm³/mol. The normalized spacial score (nSPS) is 21.1. The highest BCUT2D eigenvalue weighted by molar-refractivity contribution is 5.80. The number of aliphatic imine (C=N–C) groups is 1. The van der Waals surface area contributed by atoms with Crippen LogP contribution in [0.3, 0.4) is 0 Å². The SMILES string of the molecule is CCNC(=NCCC1=CCOCC1)N1CCOC(c2ccc(C)cc2C)C1. The average molecular weight is 372 g/mol. The molecule has 0 aliphatic carbocycles. The molecule has 0 radical (unpaired) electrons. The van der Waals surface area contributed by atoms with Crippen molar-refractivity contribution in [1.82, 2.24) is 10.2 Å². The molecule has 3 rings (SSSR count). The van der Waals surface area contributed by atoms with E-state index < -0.39 is 0 Å². The standard InChI is InChI=1S/C22H33N3O2/c1-4-23-22(24-10-7-19-8-12-26-13-9-19)25-11-14-27-21(16-25)20-6-5-17(2)15-18(20)3/h5-6,8,15,21H,4,7,9-14,16H2,1-3H3,(H,23,24). The van der Waals surface area contributed by atoms with E-state index in [1.807, 2.05) is 0 Å². The Morgan fingerprint density at radius 2 is 2.19 bits per heavy atom. The summed E-state index contributed by atoms with van der Waals surface area (Å²) >= 11 is 0. The van der Waals surface area contributed by atoms with Gasteiger partial charge >= 0.3 is 0 Å². The van der Waals surface area contributed by atoms with Crippen LogP contribution in [-0.4, -0.2) is 56.9 Å². The Morgan fingerprint density at radius 1 is 1.30 bits per heavy atom. The van der Waals surface area contributed by atoms with Crippen LogP contribution in [0.4, 0.5) is 0 Å². The van der Waals surface area contributed by atoms with Crippen molar-refractivity contribution < 1.29 is 9.47 Å². The lowest BCUT2D eigenvalue weighted by molar-refractivity contribution is -0.00833. The van der Waals surface area contributed by atoms with E-state index in [2.05, 4.69) is 55.3 Å². The zero-order chi connectivity index (χ0) is 19.1. The molecule has 0 saturated carbocycles. The number of hydrogen-bond donors (Lipinski definition) is 1. The van der Waals surface area contributed by atoms with E-state index in [0.29, 0.717) is 0 Å². The molecule has 0 aromatic heterocycles. The van der Waals surface area contributed by atoms with Gasteiger partial charge in [-0.1, -0.05) is 35.4 Å². The fourth-order valence-corrected chi connectivity index (χ4v) is 3.74. The van der Waals surface area contributed by atoms with Gasteiger partial charge in [0.15, 0.2) is 5.96 Å². The number of hydrogen-bond acceptors (Lipinski definition) is 3. The molecule has 2 heterocycles. The number of ether oxygens (including phenoxy) is 2. The van der Waals surface area contributed by atoms with E-state index in [-0.39, 0.29) is 6.10 Å². The number of nitrogens with zero attached hydrogens (tertiary/aromatic N) is 2. The van der Waals surface area contributed by atoms with E-state index in [1.165, 1.54) is 22.3 Å². The molecule has 5 nitrogen and oxygen atoms in total. The predicted octanol–water partition coefficient (Wildman–Crippen LogP) is 3.38. The minimum absolute atomic E-state index is 0.0985. The van der Waals surface area contributed by atoms with Crippen LogP contribution in [0, 0.1) is 13.8 Å². The highest BCUT2D eigenvalue weighted by Gasteiger charge is 2.25. The summed E-state index contributed by atoms with van der Waals surface area (Å²) in [6.45, 7) is 12.2. The van der Waals surface area contributed by atoms with Gasteiger partial charge in [0.25, 0.3) is 0 Å². The molecule has 1 unspecified atom stereocenters. The molecule has 2 aliphatic rings. The molecule has 0 spiro atoms. The number of rotatable bonds is 5. The van der Waals surface area contributed by atoms with Crippen LogP contribution in [0.5, 0.6) is 0 Å². The highest BCUT2D eigenvalue weighted by atomic mass is 16.5. The van der Waals surface area contributed by atoms with E-state index in [9.17, 15) is 0 Å². The second-order valence-electron chi connectivity index (χ2n) is 7.34. The van der Waals surface area contributed by atoms with Crippen molar-refractivity contribution in [1.29, 1.82) is 0 Å². The lowest BCUT2D eigenvalue weighted by atomic mass is 10.00. The molecule has 1 saturated heterocycles. The van der Waals surface area contributed by atoms with Crippen LogP contribution >= 0.6 is 0 Å². The lowest BCUT2D eigenvalue weighted by Gasteiger charge is -2.36. The third-order valence-corrected chi connectivity index (χ3v) is 5.22. The van der Waals surface area contributed by atoms with E-state index in [1.54, 1.807) is 0 Å². The summed E-state index contributed by atoms with van der Waals surface area (Å²) < 4.78 is 11.5. The molecule has 5 heteroatoms. The first-order chi connectivity index (χ1) is 13.2. The Morgan fingerprint density at radius 3 is 2.93 bits per heavy atom. The Balaban J connectivity index is 1.65. The van der Waals surface area contributed by atoms with Crippen LogP contribution in [-0.2, 0) is 9.47 Å². The third kappa shape index (κ3) is 5.56. The van der Waals surface area contributed by atoms with E-state index in [0.717, 1.165) is 64.8 Å². The number of morpholine rings is 1. The molecule has 1 N–H and O–H groups in total. The van der Waals surface area contributed by atoms with Gasteiger partial charge in [0, 0.05) is 19.6 Å². The summed E-state index contributed by atoms with van der Waals surface area (Å²) in [4.78, 5) is 7.23. The summed E-state index contributed by atoms with van der Waals surface area (Å²) in [5, 5.41) is 3.46. The molecule has 27 heavy (non-hydrogen) atoms. The molecule has 0 amide bonds. The van der Waals surface area contributed by atoms with E-state index >= 15 is 0 Å². The monoisotopic (exact) mass is 371 g/mol. The lowest BCUT2D eigenvalue weighted by Crippen LogP contribution is -2.48. The van der Waals surface area contributed by atoms with Gasteiger partial charge in [-0.3, -0.25) is 4.99 Å². The van der Waals surface area contributed by atoms with Crippen molar-refractivity contribution in [2.45, 2.75) is 39.7 Å². The molecule has 0 bridgehead atoms. The summed E-state index contributed by atoms with van der Waals surface area (Å²) in [5.74, 6) is 1.00. The van der Waals surface area contributed by atoms with Crippen molar-refractivity contribution in [3.63, 3.8) is 0 Å². The minimum Gasteiger partial charge on any atom is -0.377 e. The third-order valence-electron chi connectivity index (χ3n) is 5.22. The van der Waals surface area contributed by atoms with Gasteiger partial charge in [-0.05, 0) is 44.7 Å². The first-order valence-electron chi connectivity index (χ1n) is 10.1. The fourth-order valence-electron chi connectivity index (χ4n) is 3.74. The van der Waals surface area contributed by atoms with Crippen molar-refractivity contribution in [2.24, 2.45) is 4.99 Å². The molecule has 1 aromatic rings. The van der Waals surface area contributed by atoms with E-state index in [4.69, 9.17) is 14.5 Å². The summed E-state index contributed by atoms with van der Waals surface area (Å²) in [7, 11) is 0. The Kier molecular flexibility index (Phi) is 7.30. The molecule has 148 valence electrons. The number of aryl methyl sites for hydroxylation is 2. The molecule has 1 aromatic carbocycles. The van der Waals surface area contributed by atoms with Gasteiger partial charge in [0.2, 0.25) is 0 Å². The van der Waals surface area contributed by atoms with Gasteiger partial charge in [-0.25, -0.2) is 0 Å². The van der Waals surface area contributed by atoms with Gasteiger partial charge in [-0.2, -0.15) is 0 Å². The first kappa shape index (κ1) is 19.9. The Bertz CT molecular complexity index is 684. The molecule has 2 aliphatic heterocycles. The van der Waals surface area contributed by atoms with Gasteiger partial charge in [0.05, 0.1) is 26.4 Å². The fraction of sp³-hybridized carbons (Fsp3) is 0.591. The zero-order valence-corrected chi connectivity index (χ0v) is 17.0. The van der Waals surface area contributed by atoms with Crippen molar-refractivity contribution in [2.75, 3.05) is 46.0 Å². The topological polar surface area (TPSA) is 46.1 Å². The summed E-state index contributed by atoms with van der Waals surface area (Å²) in [5.41, 5.74) is 5.35. The Hall–Kier alpha value is -1.85. The zero-order valence-electron chi connectivity index (χ0n) is 17.0. The van der Waals surface area contributed by atoms with Crippen LogP contribution < -0.4 is 5.32 Å². The van der Waals surface area contributed by atoms with Crippen LogP contribution in [0.1, 0.15) is 42.6 Å². The second-order valence-corrected chi connectivity index (χ2v) is 7.34. The van der Waals surface area contributed by atoms with Gasteiger partial charge in [-0.15, -0.1) is 0 Å². The number of benzene rings is 1. The maximum atomic E-state index is 6.10. The number of guanidine groups is 1. The smallest absolute Gasteiger partial charge is 0.194 e. The molecular formula is C22H33N3O2. The largest absolute Gasteiger partial charge is 0.377 e. The van der Waals surface area contributed by atoms with Gasteiger partial charge < -0.3 is 19.7 Å². The minimum atomic E-state index is 0.0985. The molecule has 1 fully saturated rings. The maximum absolute atomic E-state index is 6.10. The van der Waals surface area contributed by atoms with Crippen LogP contribution in [0.2, 0.25) is 0 Å². The van der Waals surface area contributed by atoms with Crippen molar-refractivity contribution in [3.8, 4) is 0 Å². The second kappa shape index (κ2) is 9.90. The highest BCUT2D eigenvalue weighted by Crippen LogP contribution is 2.26. The first-order valence-corrected chi connectivity index (χ1v) is 10.1. The summed E-state index contributed by atoms with van der Waals surface area (Å²) in [6, 6.07) is 6.62. The maximum Gasteiger partial charge on any atom is 0.194 e. The molecular weight excluding hydrogens is 338 g/mol. The Labute approximate surface area is 163 Å². The van der Waals surface area contributed by atoms with Crippen molar-refractivity contribution in [3.05, 3.63) is 46.5 Å². The quantitative estimate of drug-likeness (QED) is 0.490. The number of nitrogens with one attached hydrogen (secondary N) is 1. The van der Waals surface area contributed by atoms with Crippen LogP contribution in [0.15, 0.2) is 34.8 Å². The van der Waals surface area contributed by atoms with Crippen LogP contribution in [0.25, 0.3) is 0 Å². The summed E-state index contributed by atoms with van der Waals surface area (Å²) in [6.07, 6.45) is 4.36. The van der Waals surface area contributed by atoms with Crippen molar-refractivity contribution >= 4 is 5.96 Å². The average Bonchev–Trinajstić information content (AvgIpc) is 2.68. The van der Waals surface area contributed by atoms with Gasteiger partial charge in [0.1, 0.15) is 6.10 Å². The molecule has 1 atom stereocenters.